The smallest absolute Gasteiger partial charge is 0.242 e. The number of piperidine rings is 1. The molecule has 90 valence electrons. The summed E-state index contributed by atoms with van der Waals surface area (Å²) in [7, 11) is 1.84. The molecule has 0 spiro atoms. The monoisotopic (exact) mass is 224 g/mol. The van der Waals surface area contributed by atoms with Crippen molar-refractivity contribution in [3.05, 3.63) is 0 Å². The molecule has 1 aliphatic heterocycles. The average molecular weight is 224 g/mol. The Labute approximate surface area is 96.0 Å². The molecule has 6 nitrogen and oxygen atoms in total. The minimum absolute atomic E-state index is 0.741. The number of rotatable bonds is 4. The number of tetrazole rings is 1. The zero-order valence-electron chi connectivity index (χ0n) is 10.1. The van der Waals surface area contributed by atoms with E-state index in [1.807, 2.05) is 7.05 Å². The van der Waals surface area contributed by atoms with Crippen molar-refractivity contribution < 1.29 is 0 Å². The van der Waals surface area contributed by atoms with Crippen LogP contribution in [0.5, 0.6) is 0 Å². The largest absolute Gasteiger partial charge is 0.352 e. The first-order valence-electron chi connectivity index (χ1n) is 5.94. The molecule has 1 aromatic rings. The van der Waals surface area contributed by atoms with Crippen molar-refractivity contribution in [2.75, 3.05) is 31.5 Å². The average Bonchev–Trinajstić information content (AvgIpc) is 2.68. The molecule has 0 atom stereocenters. The van der Waals surface area contributed by atoms with Gasteiger partial charge >= 0.3 is 0 Å². The molecular weight excluding hydrogens is 204 g/mol. The van der Waals surface area contributed by atoms with Crippen LogP contribution >= 0.6 is 0 Å². The lowest BCUT2D eigenvalue weighted by Gasteiger charge is -2.30. The third kappa shape index (κ3) is 2.91. The van der Waals surface area contributed by atoms with Crippen molar-refractivity contribution in [2.45, 2.75) is 19.8 Å². The molecule has 1 aromatic heterocycles. The summed E-state index contributed by atoms with van der Waals surface area (Å²) < 4.78 is 1.65. The topological polar surface area (TPSA) is 58.9 Å². The van der Waals surface area contributed by atoms with Crippen molar-refractivity contribution >= 4 is 5.95 Å². The fourth-order valence-electron chi connectivity index (χ4n) is 1.99. The molecule has 2 heterocycles. The number of nitrogens with zero attached hydrogens (tertiary/aromatic N) is 5. The van der Waals surface area contributed by atoms with Gasteiger partial charge in [-0.15, -0.1) is 0 Å². The maximum atomic E-state index is 3.88. The van der Waals surface area contributed by atoms with Gasteiger partial charge in [-0.05, 0) is 42.3 Å². The molecule has 0 radical (unpaired) electrons. The van der Waals surface area contributed by atoms with Crippen LogP contribution < -0.4 is 5.32 Å². The van der Waals surface area contributed by atoms with Crippen LogP contribution in [0.1, 0.15) is 19.8 Å². The van der Waals surface area contributed by atoms with Crippen molar-refractivity contribution in [3.8, 4) is 0 Å². The Morgan fingerprint density at radius 3 is 2.75 bits per heavy atom. The van der Waals surface area contributed by atoms with E-state index in [1.54, 1.807) is 4.68 Å². The Kier molecular flexibility index (Phi) is 3.71. The fraction of sp³-hybridized carbons (Fsp3) is 0.900. The van der Waals surface area contributed by atoms with E-state index in [1.165, 1.54) is 25.9 Å². The number of nitrogens with one attached hydrogen (secondary N) is 1. The van der Waals surface area contributed by atoms with Gasteiger partial charge in [0.25, 0.3) is 0 Å². The van der Waals surface area contributed by atoms with Gasteiger partial charge in [0.1, 0.15) is 0 Å². The van der Waals surface area contributed by atoms with E-state index < -0.39 is 0 Å². The van der Waals surface area contributed by atoms with Crippen LogP contribution in [-0.4, -0.2) is 51.3 Å². The van der Waals surface area contributed by atoms with Gasteiger partial charge in [0.05, 0.1) is 0 Å². The Morgan fingerprint density at radius 2 is 2.12 bits per heavy atom. The predicted octanol–water partition coefficient (Wildman–Crippen LogP) is 0.354. The summed E-state index contributed by atoms with van der Waals surface area (Å²) in [5, 5.41) is 14.5. The maximum absolute atomic E-state index is 3.88. The maximum Gasteiger partial charge on any atom is 0.242 e. The summed E-state index contributed by atoms with van der Waals surface area (Å²) in [5.41, 5.74) is 0. The normalized spacial score (nSPS) is 18.9. The minimum atomic E-state index is 0.741. The number of hydrogen-bond acceptors (Lipinski definition) is 5. The van der Waals surface area contributed by atoms with Crippen LogP contribution in [-0.2, 0) is 7.05 Å². The lowest BCUT2D eigenvalue weighted by Crippen LogP contribution is -2.36. The van der Waals surface area contributed by atoms with E-state index in [0.717, 1.165) is 25.0 Å². The highest BCUT2D eigenvalue weighted by atomic mass is 15.6. The van der Waals surface area contributed by atoms with Gasteiger partial charge < -0.3 is 10.2 Å². The van der Waals surface area contributed by atoms with Gasteiger partial charge in [-0.2, -0.15) is 0 Å². The number of anilines is 1. The molecule has 1 aliphatic rings. The molecule has 16 heavy (non-hydrogen) atoms. The SMILES string of the molecule is CC1CCN(CCNc2nnnn2C)CC1. The Morgan fingerprint density at radius 1 is 1.38 bits per heavy atom. The molecule has 6 heteroatoms. The van der Waals surface area contributed by atoms with Crippen LogP contribution in [0.4, 0.5) is 5.95 Å². The molecule has 1 N–H and O–H groups in total. The quantitative estimate of drug-likeness (QED) is 0.800. The zero-order chi connectivity index (χ0) is 11.4. The Hall–Kier alpha value is -1.17. The zero-order valence-corrected chi connectivity index (χ0v) is 10.1. The number of aromatic nitrogens is 4. The second kappa shape index (κ2) is 5.25. The summed E-state index contributed by atoms with van der Waals surface area (Å²) in [5.74, 6) is 1.64. The first-order valence-corrected chi connectivity index (χ1v) is 5.94. The van der Waals surface area contributed by atoms with Crippen molar-refractivity contribution in [3.63, 3.8) is 0 Å². The van der Waals surface area contributed by atoms with Crippen LogP contribution in [0.2, 0.25) is 0 Å². The van der Waals surface area contributed by atoms with Crippen LogP contribution in [0.3, 0.4) is 0 Å². The summed E-state index contributed by atoms with van der Waals surface area (Å²) >= 11 is 0. The van der Waals surface area contributed by atoms with Crippen molar-refractivity contribution in [1.29, 1.82) is 0 Å². The second-order valence-corrected chi connectivity index (χ2v) is 4.58. The molecule has 0 amide bonds. The van der Waals surface area contributed by atoms with Gasteiger partial charge in [0.2, 0.25) is 5.95 Å². The Bertz CT molecular complexity index is 315. The summed E-state index contributed by atoms with van der Waals surface area (Å²) in [6, 6.07) is 0. The molecule has 0 unspecified atom stereocenters. The summed E-state index contributed by atoms with van der Waals surface area (Å²) in [6.45, 7) is 6.75. The molecule has 0 saturated carbocycles. The van der Waals surface area contributed by atoms with Crippen LogP contribution in [0.25, 0.3) is 0 Å². The van der Waals surface area contributed by atoms with Gasteiger partial charge in [-0.1, -0.05) is 12.0 Å². The van der Waals surface area contributed by atoms with E-state index in [0.29, 0.717) is 0 Å². The first-order chi connectivity index (χ1) is 7.75. The lowest BCUT2D eigenvalue weighted by atomic mass is 9.99. The second-order valence-electron chi connectivity index (χ2n) is 4.58. The third-order valence-corrected chi connectivity index (χ3v) is 3.21. The van der Waals surface area contributed by atoms with Gasteiger partial charge in [-0.25, -0.2) is 4.68 Å². The summed E-state index contributed by atoms with van der Waals surface area (Å²) in [4.78, 5) is 2.50. The summed E-state index contributed by atoms with van der Waals surface area (Å²) in [6.07, 6.45) is 2.65. The fourth-order valence-corrected chi connectivity index (χ4v) is 1.99. The lowest BCUT2D eigenvalue weighted by molar-refractivity contribution is 0.199. The van der Waals surface area contributed by atoms with Crippen LogP contribution in [0, 0.1) is 5.92 Å². The molecule has 0 bridgehead atoms. The number of aryl methyl sites for hydroxylation is 1. The standard InChI is InChI=1S/C10H20N6/c1-9-3-6-16(7-4-9)8-5-11-10-12-13-14-15(10)2/h9H,3-8H2,1-2H3,(H,11,12,14). The molecule has 0 aliphatic carbocycles. The van der Waals surface area contributed by atoms with Gasteiger partial charge in [0, 0.05) is 20.1 Å². The number of likely N-dealkylation sites (tertiary alicyclic amines) is 1. The van der Waals surface area contributed by atoms with Crippen molar-refractivity contribution in [1.82, 2.24) is 25.1 Å². The number of hydrogen-bond donors (Lipinski definition) is 1. The Balaban J connectivity index is 1.67. The molecule has 1 fully saturated rings. The van der Waals surface area contributed by atoms with E-state index in [-0.39, 0.29) is 0 Å². The minimum Gasteiger partial charge on any atom is -0.352 e. The highest BCUT2D eigenvalue weighted by Gasteiger charge is 2.14. The third-order valence-electron chi connectivity index (χ3n) is 3.21. The highest BCUT2D eigenvalue weighted by Crippen LogP contribution is 2.15. The van der Waals surface area contributed by atoms with Crippen LogP contribution in [0.15, 0.2) is 0 Å². The van der Waals surface area contributed by atoms with Gasteiger partial charge in [-0.3, -0.25) is 0 Å². The van der Waals surface area contributed by atoms with E-state index in [2.05, 4.69) is 32.7 Å². The molecule has 2 rings (SSSR count). The predicted molar refractivity (Wildman–Crippen MR) is 62.1 cm³/mol. The molecule has 0 aromatic carbocycles. The highest BCUT2D eigenvalue weighted by molar-refractivity contribution is 5.20. The van der Waals surface area contributed by atoms with E-state index >= 15 is 0 Å². The van der Waals surface area contributed by atoms with Gasteiger partial charge in [0.15, 0.2) is 0 Å². The van der Waals surface area contributed by atoms with E-state index in [4.69, 9.17) is 0 Å². The molecule has 1 saturated heterocycles. The van der Waals surface area contributed by atoms with Crippen molar-refractivity contribution in [2.24, 2.45) is 13.0 Å². The molecular formula is C10H20N6. The van der Waals surface area contributed by atoms with E-state index in [9.17, 15) is 0 Å². The first kappa shape index (κ1) is 11.3.